The summed E-state index contributed by atoms with van der Waals surface area (Å²) in [6.07, 6.45) is -0.0858. The van der Waals surface area contributed by atoms with Crippen molar-refractivity contribution in [3.8, 4) is 16.9 Å². The highest BCUT2D eigenvalue weighted by Crippen LogP contribution is 2.46. The van der Waals surface area contributed by atoms with Gasteiger partial charge < -0.3 is 14.9 Å². The van der Waals surface area contributed by atoms with Crippen molar-refractivity contribution >= 4 is 29.0 Å². The number of fused-ring (bicyclic) bond motifs is 1. The third kappa shape index (κ3) is 4.08. The van der Waals surface area contributed by atoms with E-state index in [4.69, 9.17) is 16.3 Å². The second-order valence-electron chi connectivity index (χ2n) is 7.47. The molecule has 2 N–H and O–H groups in total. The van der Waals surface area contributed by atoms with Gasteiger partial charge in [0.2, 0.25) is 0 Å². The normalized spacial score (nSPS) is 17.8. The summed E-state index contributed by atoms with van der Waals surface area (Å²) in [5, 5.41) is 21.1. The van der Waals surface area contributed by atoms with E-state index in [2.05, 4.69) is 4.99 Å². The molecule has 0 saturated carbocycles. The van der Waals surface area contributed by atoms with Gasteiger partial charge in [0.25, 0.3) is 0 Å². The van der Waals surface area contributed by atoms with Crippen molar-refractivity contribution in [1.82, 2.24) is 0 Å². The van der Waals surface area contributed by atoms with Crippen molar-refractivity contribution in [2.45, 2.75) is 25.6 Å². The van der Waals surface area contributed by atoms with Crippen LogP contribution in [0.1, 0.15) is 24.5 Å². The van der Waals surface area contributed by atoms with Crippen LogP contribution in [-0.4, -0.2) is 21.9 Å². The summed E-state index contributed by atoms with van der Waals surface area (Å²) in [5.74, 6) is -0.739. The lowest BCUT2D eigenvalue weighted by Gasteiger charge is -2.30. The number of aliphatic hydroxyl groups is 1. The zero-order valence-electron chi connectivity index (χ0n) is 16.3. The number of carboxylic acid groups (broad SMARTS) is 1. The number of benzene rings is 3. The first-order valence-electron chi connectivity index (χ1n) is 9.48. The smallest absolute Gasteiger partial charge is 0.350 e. The van der Waals surface area contributed by atoms with E-state index in [1.165, 1.54) is 0 Å². The molecule has 30 heavy (non-hydrogen) atoms. The van der Waals surface area contributed by atoms with Crippen LogP contribution >= 0.6 is 11.6 Å². The fraction of sp³-hybridized carbons (Fsp3) is 0.167. The van der Waals surface area contributed by atoms with Crippen molar-refractivity contribution in [2.24, 2.45) is 4.99 Å². The van der Waals surface area contributed by atoms with E-state index in [0.717, 1.165) is 16.7 Å². The fourth-order valence-electron chi connectivity index (χ4n) is 3.51. The molecule has 1 heterocycles. The molecule has 0 fully saturated rings. The van der Waals surface area contributed by atoms with Crippen LogP contribution in [0, 0.1) is 0 Å². The van der Waals surface area contributed by atoms with Crippen LogP contribution < -0.4 is 4.74 Å². The lowest BCUT2D eigenvalue weighted by Crippen LogP contribution is -2.32. The highest BCUT2D eigenvalue weighted by molar-refractivity contribution is 6.36. The summed E-state index contributed by atoms with van der Waals surface area (Å²) >= 11 is 6.02. The van der Waals surface area contributed by atoms with Gasteiger partial charge >= 0.3 is 5.97 Å². The number of aliphatic carboxylic acids is 1. The Morgan fingerprint density at radius 2 is 1.80 bits per heavy atom. The van der Waals surface area contributed by atoms with Crippen LogP contribution in [0.4, 0.5) is 5.69 Å². The van der Waals surface area contributed by atoms with E-state index in [1.807, 2.05) is 54.6 Å². The largest absolute Gasteiger partial charge is 0.487 e. The van der Waals surface area contributed by atoms with Crippen molar-refractivity contribution in [2.75, 3.05) is 0 Å². The molecule has 3 aromatic rings. The molecule has 152 valence electrons. The number of halogens is 1. The Bertz CT molecular complexity index is 1120. The second-order valence-corrected chi connectivity index (χ2v) is 7.90. The minimum absolute atomic E-state index is 0.0858. The summed E-state index contributed by atoms with van der Waals surface area (Å²) < 4.78 is 6.06. The van der Waals surface area contributed by atoms with Gasteiger partial charge in [-0.05, 0) is 47.9 Å². The van der Waals surface area contributed by atoms with Gasteiger partial charge in [0.15, 0.2) is 0 Å². The molecule has 1 atom stereocenters. The molecule has 5 nitrogen and oxygen atoms in total. The Balaban J connectivity index is 1.84. The third-order valence-electron chi connectivity index (χ3n) is 5.08. The number of carboxylic acids is 1. The molecule has 0 aliphatic carbocycles. The molecule has 4 rings (SSSR count). The lowest BCUT2D eigenvalue weighted by molar-refractivity contribution is -0.129. The van der Waals surface area contributed by atoms with Crippen molar-refractivity contribution in [3.63, 3.8) is 0 Å². The number of ether oxygens (including phenoxy) is 1. The van der Waals surface area contributed by atoms with Crippen LogP contribution in [0.3, 0.4) is 0 Å². The van der Waals surface area contributed by atoms with E-state index in [9.17, 15) is 15.0 Å². The second kappa shape index (κ2) is 7.94. The van der Waals surface area contributed by atoms with Gasteiger partial charge in [-0.3, -0.25) is 0 Å². The van der Waals surface area contributed by atoms with Crippen molar-refractivity contribution in [1.29, 1.82) is 0 Å². The molecule has 1 aliphatic rings. The number of carbonyl (C=O) groups is 1. The van der Waals surface area contributed by atoms with Gasteiger partial charge in [-0.1, -0.05) is 54.1 Å². The number of aliphatic imine (C=N–C) groups is 1. The van der Waals surface area contributed by atoms with Crippen molar-refractivity contribution < 1.29 is 19.7 Å². The van der Waals surface area contributed by atoms with Crippen molar-refractivity contribution in [3.05, 3.63) is 82.9 Å². The lowest BCUT2D eigenvalue weighted by atomic mass is 9.84. The topological polar surface area (TPSA) is 79.1 Å². The zero-order chi connectivity index (χ0) is 21.3. The first-order chi connectivity index (χ1) is 14.3. The van der Waals surface area contributed by atoms with Gasteiger partial charge in [0, 0.05) is 17.0 Å². The van der Waals surface area contributed by atoms with Crippen LogP contribution in [0.15, 0.2) is 71.7 Å². The first-order valence-corrected chi connectivity index (χ1v) is 9.86. The zero-order valence-corrected chi connectivity index (χ0v) is 17.1. The van der Waals surface area contributed by atoms with Crippen LogP contribution in [0.5, 0.6) is 5.75 Å². The van der Waals surface area contributed by atoms with E-state index in [1.54, 1.807) is 19.1 Å². The molecule has 6 heteroatoms. The number of hydrogen-bond donors (Lipinski definition) is 2. The monoisotopic (exact) mass is 421 g/mol. The molecule has 0 spiro atoms. The molecule has 0 radical (unpaired) electrons. The van der Waals surface area contributed by atoms with E-state index >= 15 is 0 Å². The SMILES string of the molecule is CC1(O)CC(C(=O)O)=Nc2c(OCc3ccccc3)cc(-c3ccc(Cl)cc3)cc21. The Morgan fingerprint density at radius 3 is 2.47 bits per heavy atom. The maximum Gasteiger partial charge on any atom is 0.350 e. The molecule has 0 amide bonds. The number of rotatable bonds is 5. The predicted octanol–water partition coefficient (Wildman–Crippen LogP) is 5.35. The highest BCUT2D eigenvalue weighted by Gasteiger charge is 2.36. The van der Waals surface area contributed by atoms with Gasteiger partial charge in [-0.25, -0.2) is 9.79 Å². The summed E-state index contributed by atoms with van der Waals surface area (Å²) in [4.78, 5) is 15.9. The molecular formula is C24H20ClNO4. The van der Waals surface area contributed by atoms with E-state index in [-0.39, 0.29) is 18.7 Å². The highest BCUT2D eigenvalue weighted by atomic mass is 35.5. The van der Waals surface area contributed by atoms with E-state index in [0.29, 0.717) is 22.0 Å². The predicted molar refractivity (Wildman–Crippen MR) is 117 cm³/mol. The van der Waals surface area contributed by atoms with Crippen LogP contribution in [0.2, 0.25) is 5.02 Å². The maximum atomic E-state index is 11.6. The maximum absolute atomic E-state index is 11.6. The quantitative estimate of drug-likeness (QED) is 0.581. The van der Waals surface area contributed by atoms with Gasteiger partial charge in [-0.2, -0.15) is 0 Å². The molecular weight excluding hydrogens is 402 g/mol. The Kier molecular flexibility index (Phi) is 5.33. The fourth-order valence-corrected chi connectivity index (χ4v) is 3.63. The molecule has 0 saturated heterocycles. The Morgan fingerprint density at radius 1 is 1.10 bits per heavy atom. The van der Waals surface area contributed by atoms with Crippen LogP contribution in [0.25, 0.3) is 11.1 Å². The molecule has 0 bridgehead atoms. The van der Waals surface area contributed by atoms with E-state index < -0.39 is 11.6 Å². The van der Waals surface area contributed by atoms with Gasteiger partial charge in [-0.15, -0.1) is 0 Å². The first kappa shape index (κ1) is 20.1. The number of hydrogen-bond acceptors (Lipinski definition) is 4. The molecule has 1 unspecified atom stereocenters. The summed E-state index contributed by atoms with van der Waals surface area (Å²) in [5.41, 5.74) is 2.07. The summed E-state index contributed by atoms with van der Waals surface area (Å²) in [6, 6.07) is 20.6. The standard InChI is InChI=1S/C24H20ClNO4/c1-24(29)13-20(23(27)28)26-22-19(24)11-17(16-7-9-18(25)10-8-16)12-21(22)30-14-15-5-3-2-4-6-15/h2-12,29H,13-14H2,1H3,(H,27,28). The number of nitrogens with zero attached hydrogens (tertiary/aromatic N) is 1. The average molecular weight is 422 g/mol. The van der Waals surface area contributed by atoms with Crippen LogP contribution in [-0.2, 0) is 17.0 Å². The molecule has 0 aromatic heterocycles. The Hall–Kier alpha value is -3.15. The van der Waals surface area contributed by atoms with Gasteiger partial charge in [0.1, 0.15) is 23.8 Å². The third-order valence-corrected chi connectivity index (χ3v) is 5.33. The Labute approximate surface area is 179 Å². The molecule has 1 aliphatic heterocycles. The minimum Gasteiger partial charge on any atom is -0.487 e. The summed E-state index contributed by atoms with van der Waals surface area (Å²) in [7, 11) is 0. The van der Waals surface area contributed by atoms with Gasteiger partial charge in [0.05, 0.1) is 5.60 Å². The molecule has 3 aromatic carbocycles. The summed E-state index contributed by atoms with van der Waals surface area (Å²) in [6.45, 7) is 1.88. The minimum atomic E-state index is -1.39. The average Bonchev–Trinajstić information content (AvgIpc) is 2.73.